The molecular formula is C15H22N2O2. The number of rotatable bonds is 6. The van der Waals surface area contributed by atoms with Crippen LogP contribution in [0.3, 0.4) is 0 Å². The fraction of sp³-hybridized carbons (Fsp3) is 0.600. The van der Waals surface area contributed by atoms with Crippen molar-refractivity contribution < 1.29 is 9.53 Å². The van der Waals surface area contributed by atoms with Gasteiger partial charge in [-0.1, -0.05) is 38.3 Å². The predicted octanol–water partition coefficient (Wildman–Crippen LogP) is 3.35. The van der Waals surface area contributed by atoms with Gasteiger partial charge >= 0.3 is 5.97 Å². The highest BCUT2D eigenvalue weighted by Crippen LogP contribution is 2.27. The zero-order valence-electron chi connectivity index (χ0n) is 11.7. The molecule has 4 heteroatoms. The largest absolute Gasteiger partial charge is 0.461 e. The molecule has 0 bridgehead atoms. The van der Waals surface area contributed by atoms with Crippen molar-refractivity contribution in [2.45, 2.75) is 46.0 Å². The second-order valence-electron chi connectivity index (χ2n) is 5.00. The molecule has 0 aromatic carbocycles. The highest BCUT2D eigenvalue weighted by Gasteiger charge is 2.23. The molecule has 0 aliphatic heterocycles. The minimum Gasteiger partial charge on any atom is -0.461 e. The molecule has 0 amide bonds. The smallest absolute Gasteiger partial charge is 0.359 e. The monoisotopic (exact) mass is 262 g/mol. The summed E-state index contributed by atoms with van der Waals surface area (Å²) >= 11 is 0. The summed E-state index contributed by atoms with van der Waals surface area (Å²) in [6, 6.07) is 0. The molecule has 1 N–H and O–H groups in total. The lowest BCUT2D eigenvalue weighted by molar-refractivity contribution is 0.0519. The molecule has 0 spiro atoms. The molecular weight excluding hydrogens is 240 g/mol. The van der Waals surface area contributed by atoms with Crippen LogP contribution in [0, 0.1) is 5.92 Å². The van der Waals surface area contributed by atoms with Gasteiger partial charge in [0.2, 0.25) is 0 Å². The van der Waals surface area contributed by atoms with Crippen molar-refractivity contribution in [3.05, 3.63) is 23.0 Å². The molecule has 1 atom stereocenters. The second kappa shape index (κ2) is 6.55. The first-order valence-electron chi connectivity index (χ1n) is 7.18. The van der Waals surface area contributed by atoms with Gasteiger partial charge in [0.25, 0.3) is 0 Å². The molecule has 19 heavy (non-hydrogen) atoms. The van der Waals surface area contributed by atoms with Gasteiger partial charge in [-0.05, 0) is 25.7 Å². The lowest BCUT2D eigenvalue weighted by atomic mass is 9.89. The Labute approximate surface area is 114 Å². The predicted molar refractivity (Wildman–Crippen MR) is 74.9 cm³/mol. The van der Waals surface area contributed by atoms with Crippen molar-refractivity contribution in [3.63, 3.8) is 0 Å². The van der Waals surface area contributed by atoms with E-state index in [9.17, 15) is 4.79 Å². The number of carbonyl (C=O) groups excluding carboxylic acids is 1. The third kappa shape index (κ3) is 3.25. The minimum absolute atomic E-state index is 0.339. The topological polar surface area (TPSA) is 55.0 Å². The van der Waals surface area contributed by atoms with Crippen molar-refractivity contribution >= 4 is 12.0 Å². The van der Waals surface area contributed by atoms with Gasteiger partial charge in [0.05, 0.1) is 6.61 Å². The number of esters is 1. The first kappa shape index (κ1) is 13.8. The molecule has 1 aliphatic carbocycles. The van der Waals surface area contributed by atoms with Crippen LogP contribution in [0.4, 0.5) is 0 Å². The fourth-order valence-electron chi connectivity index (χ4n) is 2.49. The van der Waals surface area contributed by atoms with Crippen LogP contribution in [0.2, 0.25) is 0 Å². The summed E-state index contributed by atoms with van der Waals surface area (Å²) in [6.07, 6.45) is 10.2. The maximum atomic E-state index is 11.7. The molecule has 0 fully saturated rings. The van der Waals surface area contributed by atoms with Crippen LogP contribution in [0.5, 0.6) is 0 Å². The number of H-pyrrole nitrogens is 1. The molecule has 1 aliphatic rings. The Morgan fingerprint density at radius 3 is 3.05 bits per heavy atom. The van der Waals surface area contributed by atoms with Crippen LogP contribution in [-0.2, 0) is 11.2 Å². The third-order valence-corrected chi connectivity index (χ3v) is 3.53. The average Bonchev–Trinajstić information content (AvgIpc) is 2.82. The van der Waals surface area contributed by atoms with E-state index in [1.54, 1.807) is 6.92 Å². The molecule has 0 radical (unpaired) electrons. The standard InChI is InChI=1S/C15H22N2O2/c1-3-5-6-7-11-8-9-12-13(10-11)16-17-14(12)15(18)19-4-2/h8-9,11H,3-7,10H2,1-2H3,(H,16,17). The van der Waals surface area contributed by atoms with Crippen LogP contribution in [0.1, 0.15) is 61.3 Å². The third-order valence-electron chi connectivity index (χ3n) is 3.53. The molecule has 0 saturated heterocycles. The molecule has 4 nitrogen and oxygen atoms in total. The van der Waals surface area contributed by atoms with Gasteiger partial charge in [0, 0.05) is 11.3 Å². The van der Waals surface area contributed by atoms with E-state index in [1.807, 2.05) is 6.08 Å². The van der Waals surface area contributed by atoms with E-state index in [1.165, 1.54) is 25.7 Å². The van der Waals surface area contributed by atoms with E-state index in [2.05, 4.69) is 23.2 Å². The van der Waals surface area contributed by atoms with Gasteiger partial charge in [-0.15, -0.1) is 0 Å². The van der Waals surface area contributed by atoms with Crippen LogP contribution in [0.15, 0.2) is 6.08 Å². The number of unbranched alkanes of at least 4 members (excludes halogenated alkanes) is 2. The number of nitrogens with one attached hydrogen (secondary N) is 1. The van der Waals surface area contributed by atoms with Gasteiger partial charge in [0.1, 0.15) is 0 Å². The Balaban J connectivity index is 2.02. The summed E-state index contributed by atoms with van der Waals surface area (Å²) in [5.74, 6) is 0.226. The fourth-order valence-corrected chi connectivity index (χ4v) is 2.49. The molecule has 2 rings (SSSR count). The molecule has 1 heterocycles. The number of ether oxygens (including phenoxy) is 1. The number of allylic oxidation sites excluding steroid dienone is 1. The summed E-state index contributed by atoms with van der Waals surface area (Å²) in [4.78, 5) is 11.7. The molecule has 0 saturated carbocycles. The van der Waals surface area contributed by atoms with Crippen LogP contribution in [-0.4, -0.2) is 22.8 Å². The number of nitrogens with zero attached hydrogens (tertiary/aromatic N) is 1. The first-order valence-corrected chi connectivity index (χ1v) is 7.18. The number of aromatic nitrogens is 2. The number of hydrogen-bond donors (Lipinski definition) is 1. The maximum absolute atomic E-state index is 11.7. The van der Waals surface area contributed by atoms with Crippen LogP contribution >= 0.6 is 0 Å². The Morgan fingerprint density at radius 2 is 2.32 bits per heavy atom. The normalized spacial score (nSPS) is 17.3. The van der Waals surface area contributed by atoms with Gasteiger partial charge in [0.15, 0.2) is 5.69 Å². The highest BCUT2D eigenvalue weighted by atomic mass is 16.5. The molecule has 1 aromatic heterocycles. The van der Waals surface area contributed by atoms with E-state index in [4.69, 9.17) is 4.74 Å². The minimum atomic E-state index is -0.339. The SMILES string of the molecule is CCCCCC1C=Cc2c(C(=O)OCC)n[nH]c2C1. The molecule has 1 aromatic rings. The first-order chi connectivity index (χ1) is 9.26. The quantitative estimate of drug-likeness (QED) is 0.632. The van der Waals surface area contributed by atoms with E-state index in [0.717, 1.165) is 17.7 Å². The van der Waals surface area contributed by atoms with Crippen molar-refractivity contribution in [1.82, 2.24) is 10.2 Å². The second-order valence-corrected chi connectivity index (χ2v) is 5.00. The van der Waals surface area contributed by atoms with Crippen LogP contribution in [0.25, 0.3) is 6.08 Å². The number of carbonyl (C=O) groups is 1. The number of fused-ring (bicyclic) bond motifs is 1. The number of aromatic amines is 1. The van der Waals surface area contributed by atoms with Crippen molar-refractivity contribution in [2.24, 2.45) is 5.92 Å². The van der Waals surface area contributed by atoms with Crippen molar-refractivity contribution in [3.8, 4) is 0 Å². The van der Waals surface area contributed by atoms with Gasteiger partial charge in [-0.3, -0.25) is 5.10 Å². The Hall–Kier alpha value is -1.58. The highest BCUT2D eigenvalue weighted by molar-refractivity contribution is 5.92. The summed E-state index contributed by atoms with van der Waals surface area (Å²) in [6.45, 7) is 4.40. The summed E-state index contributed by atoms with van der Waals surface area (Å²) in [7, 11) is 0. The van der Waals surface area contributed by atoms with Gasteiger partial charge < -0.3 is 4.74 Å². The van der Waals surface area contributed by atoms with Crippen LogP contribution < -0.4 is 0 Å². The van der Waals surface area contributed by atoms with Gasteiger partial charge in [-0.2, -0.15) is 5.10 Å². The Bertz CT molecular complexity index is 463. The Kier molecular flexibility index (Phi) is 4.77. The van der Waals surface area contributed by atoms with E-state index in [0.29, 0.717) is 18.2 Å². The van der Waals surface area contributed by atoms with Crippen molar-refractivity contribution in [1.29, 1.82) is 0 Å². The van der Waals surface area contributed by atoms with E-state index in [-0.39, 0.29) is 5.97 Å². The zero-order valence-corrected chi connectivity index (χ0v) is 11.7. The molecule has 104 valence electrons. The maximum Gasteiger partial charge on any atom is 0.359 e. The Morgan fingerprint density at radius 1 is 1.47 bits per heavy atom. The summed E-state index contributed by atoms with van der Waals surface area (Å²) < 4.78 is 5.00. The van der Waals surface area contributed by atoms with Gasteiger partial charge in [-0.25, -0.2) is 4.79 Å². The van der Waals surface area contributed by atoms with Crippen molar-refractivity contribution in [2.75, 3.05) is 6.61 Å². The number of hydrogen-bond acceptors (Lipinski definition) is 3. The van der Waals surface area contributed by atoms with E-state index >= 15 is 0 Å². The van der Waals surface area contributed by atoms with E-state index < -0.39 is 0 Å². The summed E-state index contributed by atoms with van der Waals surface area (Å²) in [5, 5.41) is 7.08. The lowest BCUT2D eigenvalue weighted by Crippen LogP contribution is -2.10. The molecule has 1 unspecified atom stereocenters. The summed E-state index contributed by atoms with van der Waals surface area (Å²) in [5.41, 5.74) is 2.39. The average molecular weight is 262 g/mol. The lowest BCUT2D eigenvalue weighted by Gasteiger charge is -2.16. The zero-order chi connectivity index (χ0) is 13.7.